The largest absolute Gasteiger partial charge is 0.479 e. The number of nitrogens with zero attached hydrogens (tertiary/aromatic N) is 1. The molecule has 1 saturated heterocycles. The van der Waals surface area contributed by atoms with Crippen LogP contribution in [0.4, 0.5) is 0 Å². The van der Waals surface area contributed by atoms with E-state index in [1.54, 1.807) is 25.1 Å². The minimum absolute atomic E-state index is 0.127. The van der Waals surface area contributed by atoms with Crippen molar-refractivity contribution in [2.75, 3.05) is 26.2 Å². The third kappa shape index (κ3) is 7.04. The summed E-state index contributed by atoms with van der Waals surface area (Å²) in [4.78, 5) is 14.6. The minimum Gasteiger partial charge on any atom is -0.479 e. The van der Waals surface area contributed by atoms with Gasteiger partial charge in [0.1, 0.15) is 5.75 Å². The molecule has 6 heteroatoms. The predicted molar refractivity (Wildman–Crippen MR) is 104 cm³/mol. The van der Waals surface area contributed by atoms with E-state index in [1.807, 2.05) is 0 Å². The van der Waals surface area contributed by atoms with Crippen molar-refractivity contribution in [3.8, 4) is 5.75 Å². The van der Waals surface area contributed by atoms with Crippen LogP contribution in [0.1, 0.15) is 39.5 Å². The standard InChI is InChI=1S/C19H28Cl2N2O2/c1-14-7-11-23(12-8-14)10-4-3-9-22-19(24)15(2)25-18-6-5-16(20)13-17(18)21/h5-6,13-15H,3-4,7-12H2,1-2H3,(H,22,24). The fourth-order valence-electron chi connectivity index (χ4n) is 2.92. The fourth-order valence-corrected chi connectivity index (χ4v) is 3.37. The first-order chi connectivity index (χ1) is 12.0. The Morgan fingerprint density at radius 3 is 2.72 bits per heavy atom. The summed E-state index contributed by atoms with van der Waals surface area (Å²) in [5, 5.41) is 3.87. The number of piperidine rings is 1. The van der Waals surface area contributed by atoms with Gasteiger partial charge in [0, 0.05) is 11.6 Å². The Morgan fingerprint density at radius 1 is 1.32 bits per heavy atom. The zero-order chi connectivity index (χ0) is 18.2. The zero-order valence-electron chi connectivity index (χ0n) is 15.1. The summed E-state index contributed by atoms with van der Waals surface area (Å²) in [6.07, 6.45) is 4.10. The third-order valence-electron chi connectivity index (χ3n) is 4.64. The predicted octanol–water partition coefficient (Wildman–Crippen LogP) is 4.39. The van der Waals surface area contributed by atoms with Crippen LogP contribution in [-0.2, 0) is 4.79 Å². The van der Waals surface area contributed by atoms with Crippen molar-refractivity contribution in [1.29, 1.82) is 0 Å². The molecule has 1 aliphatic rings. The second-order valence-corrected chi connectivity index (χ2v) is 7.70. The Bertz CT molecular complexity index is 560. The Labute approximate surface area is 160 Å². The molecule has 1 heterocycles. The first kappa shape index (κ1) is 20.3. The molecule has 0 spiro atoms. The number of rotatable bonds is 8. The van der Waals surface area contributed by atoms with E-state index in [4.69, 9.17) is 27.9 Å². The minimum atomic E-state index is -0.595. The van der Waals surface area contributed by atoms with Crippen molar-refractivity contribution in [3.05, 3.63) is 28.2 Å². The van der Waals surface area contributed by atoms with Crippen LogP contribution >= 0.6 is 23.2 Å². The van der Waals surface area contributed by atoms with Crippen LogP contribution in [0.2, 0.25) is 10.0 Å². The first-order valence-corrected chi connectivity index (χ1v) is 9.83. The maximum atomic E-state index is 12.1. The Hall–Kier alpha value is -0.970. The van der Waals surface area contributed by atoms with Crippen molar-refractivity contribution in [1.82, 2.24) is 10.2 Å². The van der Waals surface area contributed by atoms with Gasteiger partial charge >= 0.3 is 0 Å². The molecule has 25 heavy (non-hydrogen) atoms. The highest BCUT2D eigenvalue weighted by Crippen LogP contribution is 2.28. The molecule has 0 bridgehead atoms. The number of hydrogen-bond acceptors (Lipinski definition) is 3. The highest BCUT2D eigenvalue weighted by atomic mass is 35.5. The summed E-state index contributed by atoms with van der Waals surface area (Å²) >= 11 is 11.9. The zero-order valence-corrected chi connectivity index (χ0v) is 16.6. The molecule has 1 aromatic carbocycles. The van der Waals surface area contributed by atoms with E-state index in [0.29, 0.717) is 22.3 Å². The number of carbonyl (C=O) groups is 1. The number of hydrogen-bond donors (Lipinski definition) is 1. The van der Waals surface area contributed by atoms with Gasteiger partial charge in [-0.3, -0.25) is 4.79 Å². The SMILES string of the molecule is CC1CCN(CCCCNC(=O)C(C)Oc2ccc(Cl)cc2Cl)CC1. The molecule has 1 atom stereocenters. The fraction of sp³-hybridized carbons (Fsp3) is 0.632. The van der Waals surface area contributed by atoms with Crippen LogP contribution in [0.5, 0.6) is 5.75 Å². The van der Waals surface area contributed by atoms with E-state index < -0.39 is 6.10 Å². The summed E-state index contributed by atoms with van der Waals surface area (Å²) in [5.74, 6) is 1.21. The van der Waals surface area contributed by atoms with Crippen molar-refractivity contribution < 1.29 is 9.53 Å². The molecule has 1 N–H and O–H groups in total. The molecule has 4 nitrogen and oxygen atoms in total. The molecule has 1 aliphatic heterocycles. The van der Waals surface area contributed by atoms with Crippen LogP contribution in [0.15, 0.2) is 18.2 Å². The van der Waals surface area contributed by atoms with Gasteiger partial charge in [0.25, 0.3) is 5.91 Å². The molecule has 0 aromatic heterocycles. The van der Waals surface area contributed by atoms with Gasteiger partial charge in [-0.2, -0.15) is 0 Å². The highest BCUT2D eigenvalue weighted by molar-refractivity contribution is 6.35. The van der Waals surface area contributed by atoms with Crippen LogP contribution in [-0.4, -0.2) is 43.1 Å². The van der Waals surface area contributed by atoms with Crippen LogP contribution in [0, 0.1) is 5.92 Å². The average molecular weight is 387 g/mol. The average Bonchev–Trinajstić information content (AvgIpc) is 2.58. The van der Waals surface area contributed by atoms with Gasteiger partial charge in [-0.1, -0.05) is 30.1 Å². The lowest BCUT2D eigenvalue weighted by Crippen LogP contribution is -2.37. The lowest BCUT2D eigenvalue weighted by Gasteiger charge is -2.30. The lowest BCUT2D eigenvalue weighted by molar-refractivity contribution is -0.127. The molecular weight excluding hydrogens is 359 g/mol. The molecule has 0 saturated carbocycles. The van der Waals surface area contributed by atoms with E-state index in [-0.39, 0.29) is 5.91 Å². The second-order valence-electron chi connectivity index (χ2n) is 6.86. The maximum absolute atomic E-state index is 12.1. The Kier molecular flexibility index (Phi) is 8.34. The normalized spacial score (nSPS) is 17.3. The summed E-state index contributed by atoms with van der Waals surface area (Å²) < 4.78 is 5.61. The molecule has 1 fully saturated rings. The number of amides is 1. The Balaban J connectivity index is 1.61. The Morgan fingerprint density at radius 2 is 2.04 bits per heavy atom. The summed E-state index contributed by atoms with van der Waals surface area (Å²) in [7, 11) is 0. The summed E-state index contributed by atoms with van der Waals surface area (Å²) in [6.45, 7) is 8.25. The maximum Gasteiger partial charge on any atom is 0.260 e. The van der Waals surface area contributed by atoms with Crippen molar-refractivity contribution >= 4 is 29.1 Å². The molecule has 1 amide bonds. The number of halogens is 2. The quantitative estimate of drug-likeness (QED) is 0.673. The van der Waals surface area contributed by atoms with E-state index in [9.17, 15) is 4.79 Å². The van der Waals surface area contributed by atoms with E-state index in [0.717, 1.165) is 25.3 Å². The smallest absolute Gasteiger partial charge is 0.260 e. The molecule has 1 unspecified atom stereocenters. The van der Waals surface area contributed by atoms with E-state index in [2.05, 4.69) is 17.1 Å². The number of carbonyl (C=O) groups excluding carboxylic acids is 1. The van der Waals surface area contributed by atoms with Gasteiger partial charge in [0.05, 0.1) is 5.02 Å². The van der Waals surface area contributed by atoms with Gasteiger partial charge in [0.15, 0.2) is 6.10 Å². The third-order valence-corrected chi connectivity index (χ3v) is 5.17. The second kappa shape index (κ2) is 10.2. The van der Waals surface area contributed by atoms with Gasteiger partial charge < -0.3 is 15.0 Å². The number of nitrogens with one attached hydrogen (secondary N) is 1. The van der Waals surface area contributed by atoms with Gasteiger partial charge in [-0.05, 0) is 76.4 Å². The first-order valence-electron chi connectivity index (χ1n) is 9.07. The van der Waals surface area contributed by atoms with E-state index in [1.165, 1.54) is 25.9 Å². The summed E-state index contributed by atoms with van der Waals surface area (Å²) in [6, 6.07) is 4.97. The van der Waals surface area contributed by atoms with Gasteiger partial charge in [0.2, 0.25) is 0 Å². The number of benzene rings is 1. The van der Waals surface area contributed by atoms with E-state index >= 15 is 0 Å². The van der Waals surface area contributed by atoms with Crippen LogP contribution < -0.4 is 10.1 Å². The number of likely N-dealkylation sites (tertiary alicyclic amines) is 1. The lowest BCUT2D eigenvalue weighted by atomic mass is 9.99. The van der Waals surface area contributed by atoms with Gasteiger partial charge in [-0.25, -0.2) is 0 Å². The topological polar surface area (TPSA) is 41.6 Å². The van der Waals surface area contributed by atoms with Gasteiger partial charge in [-0.15, -0.1) is 0 Å². The highest BCUT2D eigenvalue weighted by Gasteiger charge is 2.17. The summed E-state index contributed by atoms with van der Waals surface area (Å²) in [5.41, 5.74) is 0. The molecule has 0 aliphatic carbocycles. The number of ether oxygens (including phenoxy) is 1. The molecule has 2 rings (SSSR count). The van der Waals surface area contributed by atoms with Crippen molar-refractivity contribution in [2.24, 2.45) is 5.92 Å². The molecule has 140 valence electrons. The van der Waals surface area contributed by atoms with Crippen LogP contribution in [0.25, 0.3) is 0 Å². The molecule has 1 aromatic rings. The van der Waals surface area contributed by atoms with Crippen molar-refractivity contribution in [2.45, 2.75) is 45.6 Å². The number of unbranched alkanes of at least 4 members (excludes halogenated alkanes) is 1. The monoisotopic (exact) mass is 386 g/mol. The van der Waals surface area contributed by atoms with Crippen LogP contribution in [0.3, 0.4) is 0 Å². The molecular formula is C19H28Cl2N2O2. The molecule has 0 radical (unpaired) electrons. The van der Waals surface area contributed by atoms with Crippen molar-refractivity contribution in [3.63, 3.8) is 0 Å².